The lowest BCUT2D eigenvalue weighted by Gasteiger charge is -2.19. The highest BCUT2D eigenvalue weighted by Gasteiger charge is 2.22. The first-order valence-corrected chi connectivity index (χ1v) is 12.3. The molecule has 5 nitrogen and oxygen atoms in total. The zero-order chi connectivity index (χ0) is 23.5. The predicted octanol–water partition coefficient (Wildman–Crippen LogP) is 6.37. The number of carbonyl (C=O) groups excluding carboxylic acids is 1. The maximum atomic E-state index is 12.3. The lowest BCUT2D eigenvalue weighted by molar-refractivity contribution is -0.149. The molecule has 0 aliphatic heterocycles. The normalized spacial score (nSPS) is 14.4. The smallest absolute Gasteiger partial charge is 0.308 e. The maximum absolute atomic E-state index is 12.3. The van der Waals surface area contributed by atoms with Crippen LogP contribution in [0, 0.1) is 19.8 Å². The van der Waals surface area contributed by atoms with E-state index >= 15 is 0 Å². The summed E-state index contributed by atoms with van der Waals surface area (Å²) >= 11 is 0. The topological polar surface area (TPSA) is 57.0 Å². The zero-order valence-electron chi connectivity index (χ0n) is 20.0. The fourth-order valence-corrected chi connectivity index (χ4v) is 4.96. The molecule has 2 aromatic carbocycles. The Morgan fingerprint density at radius 1 is 0.971 bits per heavy atom. The van der Waals surface area contributed by atoms with Crippen molar-refractivity contribution in [2.45, 2.75) is 52.4 Å². The van der Waals surface area contributed by atoms with Crippen LogP contribution in [0.1, 0.15) is 49.1 Å². The summed E-state index contributed by atoms with van der Waals surface area (Å²) in [6.07, 6.45) is 6.20. The Hall–Kier alpha value is -3.47. The number of imidazole rings is 1. The highest BCUT2D eigenvalue weighted by atomic mass is 16.5. The Labute approximate surface area is 200 Å². The van der Waals surface area contributed by atoms with E-state index in [2.05, 4.69) is 52.0 Å². The van der Waals surface area contributed by atoms with Gasteiger partial charge in [0, 0.05) is 23.4 Å². The molecule has 1 fully saturated rings. The second-order valence-corrected chi connectivity index (χ2v) is 9.27. The summed E-state index contributed by atoms with van der Waals surface area (Å²) in [6.45, 7) is 4.46. The molecule has 0 amide bonds. The number of ether oxygens (including phenoxy) is 1. The lowest BCUT2D eigenvalue weighted by Crippen LogP contribution is -2.21. The van der Waals surface area contributed by atoms with Gasteiger partial charge in [-0.25, -0.2) is 4.98 Å². The van der Waals surface area contributed by atoms with Crippen molar-refractivity contribution in [3.05, 3.63) is 77.6 Å². The highest BCUT2D eigenvalue weighted by molar-refractivity contribution is 5.85. The molecule has 1 saturated carbocycles. The van der Waals surface area contributed by atoms with Crippen molar-refractivity contribution in [1.82, 2.24) is 14.5 Å². The van der Waals surface area contributed by atoms with Gasteiger partial charge in [-0.2, -0.15) is 0 Å². The van der Waals surface area contributed by atoms with Crippen molar-refractivity contribution in [3.63, 3.8) is 0 Å². The van der Waals surface area contributed by atoms with Crippen LogP contribution >= 0.6 is 0 Å². The number of esters is 1. The molecule has 2 aromatic heterocycles. The Bertz CT molecular complexity index is 1290. The molecule has 0 atom stereocenters. The fourth-order valence-electron chi connectivity index (χ4n) is 4.96. The fraction of sp³-hybridized carbons (Fsp3) is 0.345. The minimum absolute atomic E-state index is 0.0203. The standard InChI is InChI=1S/C29H31N3O2/c1-20-19-26-27(21(2)30-20)31-28(23-9-5-3-6-10-23)32(26)25-15-13-22(14-16-25)17-18-34-29(33)24-11-7-4-8-12-24/h3,5-6,9-10,13-16,19,24H,4,7-8,11-12,17-18H2,1-2H3. The summed E-state index contributed by atoms with van der Waals surface area (Å²) in [5.41, 5.74) is 7.15. The quantitative estimate of drug-likeness (QED) is 0.318. The molecule has 5 rings (SSSR count). The van der Waals surface area contributed by atoms with Gasteiger partial charge in [-0.1, -0.05) is 61.7 Å². The van der Waals surface area contributed by atoms with Crippen molar-refractivity contribution < 1.29 is 9.53 Å². The van der Waals surface area contributed by atoms with Gasteiger partial charge in [0.15, 0.2) is 0 Å². The molecule has 0 spiro atoms. The number of nitrogens with zero attached hydrogens (tertiary/aromatic N) is 3. The van der Waals surface area contributed by atoms with Gasteiger partial charge < -0.3 is 4.74 Å². The second kappa shape index (κ2) is 9.80. The first-order valence-electron chi connectivity index (χ1n) is 12.3. The third kappa shape index (κ3) is 4.60. The van der Waals surface area contributed by atoms with E-state index in [1.165, 1.54) is 6.42 Å². The van der Waals surface area contributed by atoms with Crippen molar-refractivity contribution in [1.29, 1.82) is 0 Å². The molecular weight excluding hydrogens is 422 g/mol. The highest BCUT2D eigenvalue weighted by Crippen LogP contribution is 2.30. The number of hydrogen-bond acceptors (Lipinski definition) is 4. The Morgan fingerprint density at radius 3 is 2.44 bits per heavy atom. The zero-order valence-corrected chi connectivity index (χ0v) is 20.0. The number of aromatic nitrogens is 3. The Balaban J connectivity index is 1.39. The van der Waals surface area contributed by atoms with Crippen LogP contribution in [-0.4, -0.2) is 27.1 Å². The van der Waals surface area contributed by atoms with Crippen molar-refractivity contribution in [2.24, 2.45) is 5.92 Å². The number of aryl methyl sites for hydroxylation is 2. The van der Waals surface area contributed by atoms with E-state index in [9.17, 15) is 4.79 Å². The minimum Gasteiger partial charge on any atom is -0.465 e. The van der Waals surface area contributed by atoms with Crippen LogP contribution in [0.2, 0.25) is 0 Å². The van der Waals surface area contributed by atoms with E-state index < -0.39 is 0 Å². The average molecular weight is 454 g/mol. The molecule has 1 aliphatic carbocycles. The first kappa shape index (κ1) is 22.3. The number of rotatable bonds is 6. The minimum atomic E-state index is -0.0203. The van der Waals surface area contributed by atoms with Crippen LogP contribution in [-0.2, 0) is 16.0 Å². The molecule has 0 bridgehead atoms. The van der Waals surface area contributed by atoms with E-state index in [-0.39, 0.29) is 11.9 Å². The van der Waals surface area contributed by atoms with E-state index in [4.69, 9.17) is 9.72 Å². The largest absolute Gasteiger partial charge is 0.465 e. The molecule has 174 valence electrons. The van der Waals surface area contributed by atoms with Crippen molar-refractivity contribution in [2.75, 3.05) is 6.61 Å². The summed E-state index contributed by atoms with van der Waals surface area (Å²) in [6, 6.07) is 20.8. The van der Waals surface area contributed by atoms with Gasteiger partial charge >= 0.3 is 5.97 Å². The van der Waals surface area contributed by atoms with Gasteiger partial charge in [0.25, 0.3) is 0 Å². The van der Waals surface area contributed by atoms with Crippen LogP contribution in [0.3, 0.4) is 0 Å². The third-order valence-corrected chi connectivity index (χ3v) is 6.75. The second-order valence-electron chi connectivity index (χ2n) is 9.27. The monoisotopic (exact) mass is 453 g/mol. The number of benzene rings is 2. The Kier molecular flexibility index (Phi) is 6.43. The Morgan fingerprint density at radius 2 is 1.71 bits per heavy atom. The van der Waals surface area contributed by atoms with Gasteiger partial charge in [-0.15, -0.1) is 0 Å². The van der Waals surface area contributed by atoms with Crippen LogP contribution < -0.4 is 0 Å². The van der Waals surface area contributed by atoms with Gasteiger partial charge in [0.2, 0.25) is 0 Å². The average Bonchev–Trinajstić information content (AvgIpc) is 3.25. The van der Waals surface area contributed by atoms with E-state index in [0.717, 1.165) is 77.2 Å². The van der Waals surface area contributed by atoms with Crippen molar-refractivity contribution in [3.8, 4) is 17.1 Å². The lowest BCUT2D eigenvalue weighted by atomic mass is 9.89. The summed E-state index contributed by atoms with van der Waals surface area (Å²) in [5, 5.41) is 0. The molecule has 0 unspecified atom stereocenters. The van der Waals surface area contributed by atoms with Crippen LogP contribution in [0.4, 0.5) is 0 Å². The molecule has 4 aromatic rings. The van der Waals surface area contributed by atoms with Crippen molar-refractivity contribution >= 4 is 17.0 Å². The maximum Gasteiger partial charge on any atom is 0.308 e. The molecule has 5 heteroatoms. The summed E-state index contributed by atoms with van der Waals surface area (Å²) < 4.78 is 7.80. The predicted molar refractivity (Wildman–Crippen MR) is 135 cm³/mol. The molecule has 2 heterocycles. The van der Waals surface area contributed by atoms with Gasteiger partial charge in [0.1, 0.15) is 11.3 Å². The molecule has 1 aliphatic rings. The van der Waals surface area contributed by atoms with E-state index in [1.54, 1.807) is 0 Å². The molecule has 34 heavy (non-hydrogen) atoms. The first-order chi connectivity index (χ1) is 16.6. The van der Waals surface area contributed by atoms with Gasteiger partial charge in [-0.05, 0) is 50.5 Å². The van der Waals surface area contributed by atoms with Gasteiger partial charge in [0.05, 0.1) is 23.7 Å². The summed E-state index contributed by atoms with van der Waals surface area (Å²) in [7, 11) is 0. The van der Waals surface area contributed by atoms with Gasteiger partial charge in [-0.3, -0.25) is 14.3 Å². The van der Waals surface area contributed by atoms with Crippen LogP contribution in [0.5, 0.6) is 0 Å². The number of carbonyl (C=O) groups is 1. The molecule has 0 N–H and O–H groups in total. The molecular formula is C29H31N3O2. The third-order valence-electron chi connectivity index (χ3n) is 6.75. The number of hydrogen-bond donors (Lipinski definition) is 0. The number of pyridine rings is 1. The molecule has 0 radical (unpaired) electrons. The van der Waals surface area contributed by atoms with E-state index in [0.29, 0.717) is 6.61 Å². The molecule has 0 saturated heterocycles. The summed E-state index contributed by atoms with van der Waals surface area (Å²) in [5.74, 6) is 0.983. The van der Waals surface area contributed by atoms with Crippen LogP contribution in [0.15, 0.2) is 60.7 Å². The SMILES string of the molecule is Cc1cc2c(nc(-c3ccccc3)n2-c2ccc(CCOC(=O)C3CCCCC3)cc2)c(C)n1. The van der Waals surface area contributed by atoms with Crippen LogP contribution in [0.25, 0.3) is 28.1 Å². The number of fused-ring (bicyclic) bond motifs is 1. The summed E-state index contributed by atoms with van der Waals surface area (Å²) in [4.78, 5) is 21.9. The van der Waals surface area contributed by atoms with E-state index in [1.807, 2.05) is 32.0 Å².